The number of nitrogens with zero attached hydrogens (tertiary/aromatic N) is 2. The minimum Gasteiger partial charge on any atom is -0.419 e. The lowest BCUT2D eigenvalue weighted by molar-refractivity contribution is 0.439. The number of nitrogens with one attached hydrogen (secondary N) is 1. The van der Waals surface area contributed by atoms with E-state index in [9.17, 15) is 4.39 Å². The molecule has 0 saturated carbocycles. The van der Waals surface area contributed by atoms with Crippen molar-refractivity contribution in [1.29, 1.82) is 0 Å². The van der Waals surface area contributed by atoms with Crippen molar-refractivity contribution in [3.63, 3.8) is 0 Å². The molecule has 1 atom stereocenters. The van der Waals surface area contributed by atoms with Crippen LogP contribution in [0, 0.1) is 5.82 Å². The smallest absolute Gasteiger partial charge is 0.250 e. The number of rotatable bonds is 3. The summed E-state index contributed by atoms with van der Waals surface area (Å²) in [5.74, 6) is 0.211. The Hall–Kier alpha value is -1.27. The third-order valence-electron chi connectivity index (χ3n) is 2.43. The topological polar surface area (TPSA) is 51.0 Å². The zero-order valence-corrected chi connectivity index (χ0v) is 11.0. The Labute approximate surface area is 106 Å². The van der Waals surface area contributed by atoms with Crippen molar-refractivity contribution in [2.24, 2.45) is 0 Å². The van der Waals surface area contributed by atoms with E-state index in [-0.39, 0.29) is 11.9 Å². The van der Waals surface area contributed by atoms with Gasteiger partial charge in [0.25, 0.3) is 5.89 Å². The molecule has 0 fully saturated rings. The highest BCUT2D eigenvalue weighted by atomic mass is 79.9. The summed E-state index contributed by atoms with van der Waals surface area (Å²) in [5, 5.41) is 10.7. The van der Waals surface area contributed by atoms with Crippen molar-refractivity contribution in [2.75, 3.05) is 7.05 Å². The van der Waals surface area contributed by atoms with E-state index >= 15 is 0 Å². The van der Waals surface area contributed by atoms with Crippen LogP contribution in [0.15, 0.2) is 27.1 Å². The Balaban J connectivity index is 2.40. The lowest BCUT2D eigenvalue weighted by Gasteiger charge is -2.03. The number of aromatic nitrogens is 2. The van der Waals surface area contributed by atoms with Crippen molar-refractivity contribution in [3.05, 3.63) is 34.4 Å². The number of benzene rings is 1. The summed E-state index contributed by atoms with van der Waals surface area (Å²) in [5.41, 5.74) is 0.293. The van der Waals surface area contributed by atoms with Gasteiger partial charge in [-0.3, -0.25) is 0 Å². The first-order valence-corrected chi connectivity index (χ1v) is 5.88. The van der Waals surface area contributed by atoms with Gasteiger partial charge in [-0.05, 0) is 42.0 Å². The maximum atomic E-state index is 13.8. The number of hydrogen-bond acceptors (Lipinski definition) is 4. The first kappa shape index (κ1) is 12.2. The molecule has 0 radical (unpaired) electrons. The molecule has 2 rings (SSSR count). The van der Waals surface area contributed by atoms with Crippen molar-refractivity contribution in [3.8, 4) is 11.5 Å². The van der Waals surface area contributed by atoms with Crippen LogP contribution in [0.1, 0.15) is 18.9 Å². The van der Waals surface area contributed by atoms with Crippen LogP contribution < -0.4 is 5.32 Å². The summed E-state index contributed by atoms with van der Waals surface area (Å²) >= 11 is 3.12. The molecule has 1 aromatic heterocycles. The molecule has 17 heavy (non-hydrogen) atoms. The molecule has 2 aromatic rings. The molecule has 0 amide bonds. The van der Waals surface area contributed by atoms with Gasteiger partial charge in [0.1, 0.15) is 5.82 Å². The second-order valence-corrected chi connectivity index (χ2v) is 4.41. The van der Waals surface area contributed by atoms with Gasteiger partial charge in [-0.1, -0.05) is 6.07 Å². The SMILES string of the molecule is CNC(C)c1nnc(-c2cccc(Br)c2F)o1. The van der Waals surface area contributed by atoms with E-state index in [1.165, 1.54) is 0 Å². The van der Waals surface area contributed by atoms with Gasteiger partial charge in [-0.25, -0.2) is 4.39 Å². The Morgan fingerprint density at radius 3 is 2.88 bits per heavy atom. The van der Waals surface area contributed by atoms with E-state index in [1.54, 1.807) is 25.2 Å². The Bertz CT molecular complexity index is 529. The van der Waals surface area contributed by atoms with Crippen molar-refractivity contribution in [1.82, 2.24) is 15.5 Å². The molecule has 1 unspecified atom stereocenters. The minimum atomic E-state index is -0.403. The van der Waals surface area contributed by atoms with Gasteiger partial charge >= 0.3 is 0 Å². The number of halogens is 2. The largest absolute Gasteiger partial charge is 0.419 e. The molecule has 90 valence electrons. The molecular formula is C11H11BrFN3O. The predicted molar refractivity (Wildman–Crippen MR) is 64.9 cm³/mol. The molecule has 4 nitrogen and oxygen atoms in total. The summed E-state index contributed by atoms with van der Waals surface area (Å²) in [6.07, 6.45) is 0. The van der Waals surface area contributed by atoms with Crippen molar-refractivity contribution in [2.45, 2.75) is 13.0 Å². The fourth-order valence-electron chi connectivity index (χ4n) is 1.31. The molecule has 0 saturated heterocycles. The molecule has 0 aliphatic heterocycles. The summed E-state index contributed by atoms with van der Waals surface area (Å²) in [6.45, 7) is 1.88. The van der Waals surface area contributed by atoms with Gasteiger partial charge in [-0.2, -0.15) is 0 Å². The molecule has 6 heteroatoms. The van der Waals surface area contributed by atoms with E-state index in [4.69, 9.17) is 4.42 Å². The second-order valence-electron chi connectivity index (χ2n) is 3.56. The monoisotopic (exact) mass is 299 g/mol. The predicted octanol–water partition coefficient (Wildman–Crippen LogP) is 2.92. The molecule has 0 aliphatic carbocycles. The van der Waals surface area contributed by atoms with Crippen LogP contribution in [0.3, 0.4) is 0 Å². The minimum absolute atomic E-state index is 0.0635. The second kappa shape index (κ2) is 4.93. The van der Waals surface area contributed by atoms with E-state index in [0.29, 0.717) is 15.9 Å². The van der Waals surface area contributed by atoms with Crippen LogP contribution in [0.4, 0.5) is 4.39 Å². The van der Waals surface area contributed by atoms with Crippen molar-refractivity contribution >= 4 is 15.9 Å². The van der Waals surface area contributed by atoms with Crippen LogP contribution >= 0.6 is 15.9 Å². The van der Waals surface area contributed by atoms with Gasteiger partial charge in [0.2, 0.25) is 5.89 Å². The normalized spacial score (nSPS) is 12.7. The first-order valence-electron chi connectivity index (χ1n) is 5.08. The van der Waals surface area contributed by atoms with Gasteiger partial charge in [-0.15, -0.1) is 10.2 Å². The maximum Gasteiger partial charge on any atom is 0.250 e. The van der Waals surface area contributed by atoms with E-state index < -0.39 is 5.82 Å². The number of hydrogen-bond donors (Lipinski definition) is 1. The van der Waals surface area contributed by atoms with Crippen LogP contribution in [0.25, 0.3) is 11.5 Å². The summed E-state index contributed by atoms with van der Waals surface area (Å²) in [6, 6.07) is 4.87. The Morgan fingerprint density at radius 1 is 1.41 bits per heavy atom. The Kier molecular flexibility index (Phi) is 3.54. The fourth-order valence-corrected chi connectivity index (χ4v) is 1.68. The molecule has 1 heterocycles. The Morgan fingerprint density at radius 2 is 2.18 bits per heavy atom. The molecule has 0 spiro atoms. The standard InChI is InChI=1S/C11H11BrFN3O/c1-6(14-2)10-15-16-11(17-10)7-4-3-5-8(12)9(7)13/h3-6,14H,1-2H3. The first-order chi connectivity index (χ1) is 8.13. The van der Waals surface area contributed by atoms with Crippen LogP contribution in [-0.4, -0.2) is 17.2 Å². The third kappa shape index (κ3) is 2.37. The summed E-state index contributed by atoms with van der Waals surface area (Å²) < 4.78 is 19.6. The molecule has 1 N–H and O–H groups in total. The zero-order chi connectivity index (χ0) is 12.4. The van der Waals surface area contributed by atoms with Gasteiger partial charge in [0.15, 0.2) is 0 Å². The molecule has 0 bridgehead atoms. The lowest BCUT2D eigenvalue weighted by atomic mass is 10.2. The highest BCUT2D eigenvalue weighted by molar-refractivity contribution is 9.10. The van der Waals surface area contributed by atoms with Gasteiger partial charge in [0.05, 0.1) is 16.1 Å². The highest BCUT2D eigenvalue weighted by Crippen LogP contribution is 2.27. The average molecular weight is 300 g/mol. The van der Waals surface area contributed by atoms with Gasteiger partial charge < -0.3 is 9.73 Å². The maximum absolute atomic E-state index is 13.8. The third-order valence-corrected chi connectivity index (χ3v) is 3.04. The van der Waals surface area contributed by atoms with Crippen LogP contribution in [0.5, 0.6) is 0 Å². The van der Waals surface area contributed by atoms with E-state index in [1.807, 2.05) is 6.92 Å². The highest BCUT2D eigenvalue weighted by Gasteiger charge is 2.17. The average Bonchev–Trinajstić information content (AvgIpc) is 2.81. The van der Waals surface area contributed by atoms with Crippen LogP contribution in [-0.2, 0) is 0 Å². The molecule has 0 aliphatic rings. The lowest BCUT2D eigenvalue weighted by Crippen LogP contribution is -2.12. The molecule has 1 aromatic carbocycles. The van der Waals surface area contributed by atoms with E-state index in [0.717, 1.165) is 0 Å². The van der Waals surface area contributed by atoms with E-state index in [2.05, 4.69) is 31.4 Å². The van der Waals surface area contributed by atoms with Gasteiger partial charge in [0, 0.05) is 0 Å². The quantitative estimate of drug-likeness (QED) is 0.947. The molecular weight excluding hydrogens is 289 g/mol. The zero-order valence-electron chi connectivity index (χ0n) is 9.37. The van der Waals surface area contributed by atoms with Crippen molar-refractivity contribution < 1.29 is 8.81 Å². The summed E-state index contributed by atoms with van der Waals surface area (Å²) in [7, 11) is 1.79. The summed E-state index contributed by atoms with van der Waals surface area (Å²) in [4.78, 5) is 0. The van der Waals surface area contributed by atoms with Crippen LogP contribution in [0.2, 0.25) is 0 Å². The fraction of sp³-hybridized carbons (Fsp3) is 0.273.